The largest absolute Gasteiger partial charge is 0.435 e. The lowest BCUT2D eigenvalue weighted by molar-refractivity contribution is -0.141. The van der Waals surface area contributed by atoms with E-state index in [1.165, 1.54) is 11.0 Å². The highest BCUT2D eigenvalue weighted by Gasteiger charge is 2.34. The molecule has 10 heteroatoms. The molecule has 0 radical (unpaired) electrons. The summed E-state index contributed by atoms with van der Waals surface area (Å²) in [5.41, 5.74) is 2.30. The smallest absolute Gasteiger partial charge is 0.343 e. The number of halogens is 3. The number of aryl methyl sites for hydroxylation is 2. The first kappa shape index (κ1) is 21.9. The van der Waals surface area contributed by atoms with Crippen molar-refractivity contribution in [3.8, 4) is 11.1 Å². The van der Waals surface area contributed by atoms with Gasteiger partial charge in [-0.05, 0) is 31.9 Å². The SMILES string of the molecule is Cc1cc(C(F)(F)F)nn1CCC(=O)N1CCC(c2ccc(-c3cncnc3)cn2)CC1. The van der Waals surface area contributed by atoms with Gasteiger partial charge in [-0.25, -0.2) is 9.97 Å². The number of alkyl halides is 3. The molecular weight excluding hydrogens is 421 g/mol. The van der Waals surface area contributed by atoms with Gasteiger partial charge in [0.05, 0.1) is 0 Å². The Bertz CT molecular complexity index is 1060. The summed E-state index contributed by atoms with van der Waals surface area (Å²) in [6.07, 6.45) is 4.01. The quantitative estimate of drug-likeness (QED) is 0.597. The summed E-state index contributed by atoms with van der Waals surface area (Å²) in [6.45, 7) is 2.89. The minimum absolute atomic E-state index is 0.0701. The Labute approximate surface area is 183 Å². The van der Waals surface area contributed by atoms with Crippen molar-refractivity contribution in [2.24, 2.45) is 0 Å². The molecule has 1 aliphatic rings. The lowest BCUT2D eigenvalue weighted by Gasteiger charge is -2.32. The van der Waals surface area contributed by atoms with Crippen LogP contribution in [0.25, 0.3) is 11.1 Å². The molecule has 4 heterocycles. The van der Waals surface area contributed by atoms with Gasteiger partial charge in [-0.1, -0.05) is 6.07 Å². The summed E-state index contributed by atoms with van der Waals surface area (Å²) in [4.78, 5) is 27.0. The molecule has 0 aliphatic carbocycles. The average Bonchev–Trinajstić information content (AvgIpc) is 3.19. The van der Waals surface area contributed by atoms with Gasteiger partial charge in [0, 0.05) is 73.1 Å². The fourth-order valence-electron chi connectivity index (χ4n) is 3.93. The Morgan fingerprint density at radius 1 is 1.09 bits per heavy atom. The van der Waals surface area contributed by atoms with Crippen molar-refractivity contribution in [1.82, 2.24) is 29.6 Å². The van der Waals surface area contributed by atoms with Crippen LogP contribution in [-0.2, 0) is 17.5 Å². The minimum atomic E-state index is -4.48. The molecule has 0 atom stereocenters. The summed E-state index contributed by atoms with van der Waals surface area (Å²) in [5, 5.41) is 3.58. The molecule has 1 saturated heterocycles. The van der Waals surface area contributed by atoms with Gasteiger partial charge < -0.3 is 4.90 Å². The number of likely N-dealkylation sites (tertiary alicyclic amines) is 1. The molecule has 0 spiro atoms. The first-order valence-corrected chi connectivity index (χ1v) is 10.4. The molecule has 7 nitrogen and oxygen atoms in total. The summed E-state index contributed by atoms with van der Waals surface area (Å²) in [6, 6.07) is 5.00. The molecule has 0 N–H and O–H groups in total. The zero-order valence-corrected chi connectivity index (χ0v) is 17.6. The standard InChI is InChI=1S/C22H23F3N6O/c1-15-10-20(22(23,24)25)29-31(15)9-6-21(32)30-7-4-16(5-8-30)19-3-2-17(13-28-19)18-11-26-14-27-12-18/h2-3,10-14,16H,4-9H2,1H3. The van der Waals surface area contributed by atoms with Crippen LogP contribution in [0.5, 0.6) is 0 Å². The van der Waals surface area contributed by atoms with Gasteiger partial charge in [0.1, 0.15) is 6.33 Å². The fraction of sp³-hybridized carbons (Fsp3) is 0.409. The van der Waals surface area contributed by atoms with Crippen LogP contribution < -0.4 is 0 Å². The van der Waals surface area contributed by atoms with Crippen molar-refractivity contribution in [2.45, 2.75) is 44.8 Å². The van der Waals surface area contributed by atoms with Crippen LogP contribution in [0.4, 0.5) is 13.2 Å². The van der Waals surface area contributed by atoms with Gasteiger partial charge in [-0.15, -0.1) is 0 Å². The van der Waals surface area contributed by atoms with E-state index in [-0.39, 0.29) is 24.8 Å². The normalized spacial score (nSPS) is 15.2. The molecule has 0 aromatic carbocycles. The number of hydrogen-bond acceptors (Lipinski definition) is 5. The van der Waals surface area contributed by atoms with Crippen LogP contribution in [0.3, 0.4) is 0 Å². The highest BCUT2D eigenvalue weighted by atomic mass is 19.4. The van der Waals surface area contributed by atoms with Gasteiger partial charge in [0.15, 0.2) is 5.69 Å². The molecule has 32 heavy (non-hydrogen) atoms. The van der Waals surface area contributed by atoms with E-state index in [1.54, 1.807) is 24.2 Å². The molecule has 1 fully saturated rings. The lowest BCUT2D eigenvalue weighted by Crippen LogP contribution is -2.38. The van der Waals surface area contributed by atoms with Gasteiger partial charge in [0.25, 0.3) is 0 Å². The Morgan fingerprint density at radius 2 is 1.81 bits per heavy atom. The number of hydrogen-bond donors (Lipinski definition) is 0. The summed E-state index contributed by atoms with van der Waals surface area (Å²) >= 11 is 0. The molecule has 3 aromatic heterocycles. The van der Waals surface area contributed by atoms with E-state index in [1.807, 2.05) is 18.3 Å². The first-order chi connectivity index (χ1) is 15.3. The maximum atomic E-state index is 12.8. The van der Waals surface area contributed by atoms with E-state index in [9.17, 15) is 18.0 Å². The highest BCUT2D eigenvalue weighted by molar-refractivity contribution is 5.76. The number of carbonyl (C=O) groups is 1. The molecule has 0 saturated carbocycles. The fourth-order valence-corrected chi connectivity index (χ4v) is 3.93. The van der Waals surface area contributed by atoms with Crippen LogP contribution in [0, 0.1) is 6.92 Å². The van der Waals surface area contributed by atoms with Crippen LogP contribution in [0.1, 0.15) is 42.3 Å². The number of aromatic nitrogens is 5. The Balaban J connectivity index is 1.29. The van der Waals surface area contributed by atoms with E-state index in [0.29, 0.717) is 18.8 Å². The molecule has 1 aliphatic heterocycles. The van der Waals surface area contributed by atoms with Crippen molar-refractivity contribution in [2.75, 3.05) is 13.1 Å². The molecule has 168 valence electrons. The summed E-state index contributed by atoms with van der Waals surface area (Å²) in [7, 11) is 0. The van der Waals surface area contributed by atoms with Crippen molar-refractivity contribution < 1.29 is 18.0 Å². The van der Waals surface area contributed by atoms with Crippen LogP contribution in [0.15, 0.2) is 43.1 Å². The Kier molecular flexibility index (Phi) is 6.20. The van der Waals surface area contributed by atoms with Crippen LogP contribution in [0.2, 0.25) is 0 Å². The Hall–Kier alpha value is -3.30. The number of piperidine rings is 1. The summed E-state index contributed by atoms with van der Waals surface area (Å²) < 4.78 is 39.6. The number of amides is 1. The van der Waals surface area contributed by atoms with E-state index >= 15 is 0 Å². The molecule has 0 unspecified atom stereocenters. The van der Waals surface area contributed by atoms with E-state index in [4.69, 9.17) is 0 Å². The van der Waals surface area contributed by atoms with Crippen LogP contribution in [-0.4, -0.2) is 48.6 Å². The maximum Gasteiger partial charge on any atom is 0.435 e. The lowest BCUT2D eigenvalue weighted by atomic mass is 9.92. The molecular formula is C22H23F3N6O. The van der Waals surface area contributed by atoms with Gasteiger partial charge in [-0.3, -0.25) is 14.5 Å². The van der Waals surface area contributed by atoms with E-state index < -0.39 is 11.9 Å². The number of pyridine rings is 1. The third-order valence-electron chi connectivity index (χ3n) is 5.76. The first-order valence-electron chi connectivity index (χ1n) is 10.4. The zero-order valence-electron chi connectivity index (χ0n) is 17.6. The number of carbonyl (C=O) groups excluding carboxylic acids is 1. The molecule has 3 aromatic rings. The van der Waals surface area contributed by atoms with Crippen molar-refractivity contribution in [3.05, 3.63) is 60.2 Å². The highest BCUT2D eigenvalue weighted by Crippen LogP contribution is 2.29. The average molecular weight is 444 g/mol. The third kappa shape index (κ3) is 4.95. The van der Waals surface area contributed by atoms with E-state index in [2.05, 4.69) is 20.1 Å². The van der Waals surface area contributed by atoms with Crippen molar-refractivity contribution >= 4 is 5.91 Å². The molecule has 4 rings (SSSR count). The maximum absolute atomic E-state index is 12.8. The zero-order chi connectivity index (χ0) is 22.7. The van der Waals surface area contributed by atoms with E-state index in [0.717, 1.165) is 35.7 Å². The number of rotatable bonds is 5. The Morgan fingerprint density at radius 3 is 2.41 bits per heavy atom. The topological polar surface area (TPSA) is 76.8 Å². The summed E-state index contributed by atoms with van der Waals surface area (Å²) in [5.74, 6) is 0.196. The third-order valence-corrected chi connectivity index (χ3v) is 5.76. The molecule has 0 bridgehead atoms. The second-order valence-corrected chi connectivity index (χ2v) is 7.90. The second-order valence-electron chi connectivity index (χ2n) is 7.90. The van der Waals surface area contributed by atoms with Gasteiger partial charge in [0.2, 0.25) is 5.91 Å². The van der Waals surface area contributed by atoms with Crippen LogP contribution >= 0.6 is 0 Å². The number of nitrogens with zero attached hydrogens (tertiary/aromatic N) is 6. The van der Waals surface area contributed by atoms with Crippen molar-refractivity contribution in [3.63, 3.8) is 0 Å². The molecule has 1 amide bonds. The van der Waals surface area contributed by atoms with Crippen molar-refractivity contribution in [1.29, 1.82) is 0 Å². The monoisotopic (exact) mass is 444 g/mol. The predicted octanol–water partition coefficient (Wildman–Crippen LogP) is 3.86. The second kappa shape index (κ2) is 9.05. The predicted molar refractivity (Wildman–Crippen MR) is 110 cm³/mol. The van der Waals surface area contributed by atoms with Gasteiger partial charge in [-0.2, -0.15) is 18.3 Å². The minimum Gasteiger partial charge on any atom is -0.343 e. The van der Waals surface area contributed by atoms with Gasteiger partial charge >= 0.3 is 6.18 Å².